The Morgan fingerprint density at radius 1 is 0.261 bits per heavy atom. The van der Waals surface area contributed by atoms with Crippen LogP contribution in [0.5, 0.6) is 0 Å². The zero-order chi connectivity index (χ0) is 65.0. The SMILES string of the molecule is [C-]#[N+]c1c(F)c(F)c(N(C2=NC3=NC(N(c4c(F)c(F)c(C#N)c(F)c4F)c4c(F)c(F)c(C#N)c(F)c4F)=NC4=NC(N(c5c(F)c(F)c(C#N)c(F)c5F)c5c(F)c(F)c([N+]#[C-])c(F)c5F)=NC(=N2)N34)c2c(F)c(F)c(C#N)c(F)c2F)c(F)c1F. The van der Waals surface area contributed by atoms with Crippen molar-refractivity contribution < 1.29 is 105 Å². The predicted molar refractivity (Wildman–Crippen MR) is 242 cm³/mol. The zero-order valence-electron chi connectivity index (χ0n) is 40.2. The molecule has 0 aromatic heterocycles. The number of halogens is 24. The number of guanidine groups is 6. The van der Waals surface area contributed by atoms with Gasteiger partial charge in [0.05, 0.1) is 13.1 Å². The molecule has 9 rings (SSSR count). The summed E-state index contributed by atoms with van der Waals surface area (Å²) < 4.78 is 383. The van der Waals surface area contributed by atoms with Crippen LogP contribution in [-0.2, 0) is 0 Å². The molecular formula is C48F24N16. The van der Waals surface area contributed by atoms with Crippen LogP contribution >= 0.6 is 0 Å². The monoisotopic (exact) mass is 1260 g/mol. The highest BCUT2D eigenvalue weighted by atomic mass is 19.2. The van der Waals surface area contributed by atoms with Gasteiger partial charge in [0, 0.05) is 0 Å². The third-order valence-electron chi connectivity index (χ3n) is 11.8. The molecule has 3 heterocycles. The van der Waals surface area contributed by atoms with Crippen LogP contribution in [0.15, 0.2) is 30.0 Å². The van der Waals surface area contributed by atoms with Crippen LogP contribution < -0.4 is 14.7 Å². The number of aliphatic imine (C=N–C) groups is 6. The van der Waals surface area contributed by atoms with Crippen LogP contribution in [0, 0.1) is 198 Å². The molecule has 3 aliphatic rings. The molecular weight excluding hydrogens is 1260 g/mol. The summed E-state index contributed by atoms with van der Waals surface area (Å²) in [6.45, 7) is 13.9. The van der Waals surface area contributed by atoms with Crippen LogP contribution in [-0.4, -0.2) is 40.7 Å². The molecule has 6 aromatic carbocycles. The van der Waals surface area contributed by atoms with E-state index in [1.54, 1.807) is 0 Å². The Labute approximate surface area is 465 Å². The molecule has 0 radical (unpaired) electrons. The van der Waals surface area contributed by atoms with Crippen molar-refractivity contribution in [3.05, 3.63) is 185 Å². The van der Waals surface area contributed by atoms with Gasteiger partial charge in [0.1, 0.15) is 80.7 Å². The van der Waals surface area contributed by atoms with Gasteiger partial charge in [0.25, 0.3) is 11.4 Å². The minimum atomic E-state index is -3.16. The number of hydrogen-bond donors (Lipinski definition) is 0. The molecule has 88 heavy (non-hydrogen) atoms. The Morgan fingerprint density at radius 3 is 0.568 bits per heavy atom. The molecule has 0 spiro atoms. The molecule has 3 aliphatic heterocycles. The van der Waals surface area contributed by atoms with E-state index in [2.05, 4.69) is 39.6 Å². The van der Waals surface area contributed by atoms with Gasteiger partial charge in [-0.3, -0.25) is 14.7 Å². The number of anilines is 6. The molecule has 0 fully saturated rings. The van der Waals surface area contributed by atoms with Gasteiger partial charge in [-0.25, -0.2) is 120 Å². The molecule has 0 aliphatic carbocycles. The van der Waals surface area contributed by atoms with Crippen LogP contribution in [0.2, 0.25) is 0 Å². The van der Waals surface area contributed by atoms with Gasteiger partial charge < -0.3 is 0 Å². The molecule has 0 unspecified atom stereocenters. The lowest BCUT2D eigenvalue weighted by Crippen LogP contribution is -2.52. The first-order valence-corrected chi connectivity index (χ1v) is 21.7. The van der Waals surface area contributed by atoms with Crippen molar-refractivity contribution in [1.82, 2.24) is 4.90 Å². The Kier molecular flexibility index (Phi) is 14.7. The maximum Gasteiger partial charge on any atom is 0.263 e. The van der Waals surface area contributed by atoms with E-state index in [-0.39, 0.29) is 4.90 Å². The minimum Gasteiger partial charge on any atom is -0.267 e. The maximum absolute atomic E-state index is 16.4. The van der Waals surface area contributed by atoms with E-state index in [0.29, 0.717) is 24.3 Å². The molecule has 0 bridgehead atoms. The molecule has 0 N–H and O–H groups in total. The summed E-state index contributed by atoms with van der Waals surface area (Å²) in [5.74, 6) is -87.3. The third-order valence-corrected chi connectivity index (χ3v) is 11.8. The average Bonchev–Trinajstić information content (AvgIpc) is 1.12. The lowest BCUT2D eigenvalue weighted by Gasteiger charge is -2.36. The summed E-state index contributed by atoms with van der Waals surface area (Å²) in [7, 11) is 0. The second-order valence-corrected chi connectivity index (χ2v) is 16.3. The number of hydrogen-bond acceptors (Lipinski definition) is 14. The molecule has 6 aromatic rings. The van der Waals surface area contributed by atoms with Gasteiger partial charge in [0.15, 0.2) is 140 Å². The summed E-state index contributed by atoms with van der Waals surface area (Å²) in [5.41, 5.74) is -31.2. The largest absolute Gasteiger partial charge is 0.267 e. The topological polar surface area (TPSA) is 191 Å². The average molecular weight is 1260 g/mol. The van der Waals surface area contributed by atoms with E-state index >= 15 is 105 Å². The van der Waals surface area contributed by atoms with E-state index in [4.69, 9.17) is 13.1 Å². The van der Waals surface area contributed by atoms with Crippen molar-refractivity contribution in [3.8, 4) is 24.3 Å². The maximum atomic E-state index is 16.4. The summed E-state index contributed by atoms with van der Waals surface area (Å²) in [6.07, 6.45) is 0. The highest BCUT2D eigenvalue weighted by molar-refractivity contribution is 6.34. The van der Waals surface area contributed by atoms with E-state index in [1.165, 1.54) is 0 Å². The van der Waals surface area contributed by atoms with Crippen molar-refractivity contribution in [2.45, 2.75) is 0 Å². The van der Waals surface area contributed by atoms with Crippen LogP contribution in [0.3, 0.4) is 0 Å². The molecule has 16 nitrogen and oxygen atoms in total. The van der Waals surface area contributed by atoms with E-state index in [1.807, 2.05) is 0 Å². The van der Waals surface area contributed by atoms with Crippen molar-refractivity contribution in [2.75, 3.05) is 14.7 Å². The van der Waals surface area contributed by atoms with Crippen molar-refractivity contribution >= 4 is 81.3 Å². The minimum absolute atomic E-state index is 0.365. The second-order valence-electron chi connectivity index (χ2n) is 16.3. The quantitative estimate of drug-likeness (QED) is 0.0893. The van der Waals surface area contributed by atoms with Crippen LogP contribution in [0.25, 0.3) is 9.69 Å². The van der Waals surface area contributed by atoms with Gasteiger partial charge in [0.2, 0.25) is 35.8 Å². The van der Waals surface area contributed by atoms with E-state index < -0.39 is 258 Å². The van der Waals surface area contributed by atoms with Crippen molar-refractivity contribution in [1.29, 1.82) is 21.0 Å². The zero-order valence-corrected chi connectivity index (χ0v) is 40.2. The fraction of sp³-hybridized carbons (Fsp3) is 0. The summed E-state index contributed by atoms with van der Waals surface area (Å²) in [4.78, 5) is 19.8. The Hall–Kier alpha value is -12.2. The van der Waals surface area contributed by atoms with Gasteiger partial charge in [-0.1, -0.05) is 0 Å². The van der Waals surface area contributed by atoms with Gasteiger partial charge in [-0.2, -0.15) is 51.0 Å². The van der Waals surface area contributed by atoms with Gasteiger partial charge in [-0.15, -0.1) is 0 Å². The molecule has 40 heteroatoms. The van der Waals surface area contributed by atoms with Crippen LogP contribution in [0.4, 0.5) is 151 Å². The summed E-state index contributed by atoms with van der Waals surface area (Å²) in [6, 6.07) is 2.28. The highest BCUT2D eigenvalue weighted by Gasteiger charge is 2.47. The lowest BCUT2D eigenvalue weighted by atomic mass is 10.1. The van der Waals surface area contributed by atoms with Gasteiger partial charge in [-0.05, 0) is 0 Å². The van der Waals surface area contributed by atoms with Crippen molar-refractivity contribution in [2.24, 2.45) is 30.0 Å². The smallest absolute Gasteiger partial charge is 0.263 e. The van der Waals surface area contributed by atoms with E-state index in [9.17, 15) is 21.0 Å². The highest BCUT2D eigenvalue weighted by Crippen LogP contribution is 2.47. The number of rotatable bonds is 6. The van der Waals surface area contributed by atoms with Gasteiger partial charge >= 0.3 is 0 Å². The molecule has 0 amide bonds. The number of nitriles is 4. The number of benzene rings is 6. The molecule has 0 saturated heterocycles. The summed E-state index contributed by atoms with van der Waals surface area (Å²) in [5, 5.41) is 37.1. The normalized spacial score (nSPS) is 13.1. The Morgan fingerprint density at radius 2 is 0.420 bits per heavy atom. The number of nitrogens with zero attached hydrogens (tertiary/aromatic N) is 16. The lowest BCUT2D eigenvalue weighted by molar-refractivity contribution is 0.444. The van der Waals surface area contributed by atoms with E-state index in [0.717, 1.165) is 0 Å². The van der Waals surface area contributed by atoms with Crippen LogP contribution in [0.1, 0.15) is 22.3 Å². The Balaban J connectivity index is 1.54. The first kappa shape index (κ1) is 60.4. The fourth-order valence-electron chi connectivity index (χ4n) is 7.95. The Bertz CT molecular complexity index is 3910. The molecule has 440 valence electrons. The first-order valence-electron chi connectivity index (χ1n) is 21.7. The second kappa shape index (κ2) is 21.5. The fourth-order valence-corrected chi connectivity index (χ4v) is 7.95. The molecule has 0 atom stereocenters. The first-order chi connectivity index (χ1) is 41.4. The third kappa shape index (κ3) is 8.40. The molecule has 0 saturated carbocycles. The standard InChI is InChI=1S/C48F24N16/c1-77-35-19(57)31(69)41(32(70)20(35)58)86(39-27(65)15(53)9(5-75)16(54)28(39)66)44-81-46-79-43(85(37-23(61)11(49)7(3-73)12(50)24(37)62)38-25(63)13(51)8(4-74)14(52)26(38)64)80-47-82-45(84-48(83-44)88(46)47)87(40-29(67)17(55)10(6-76)18(56)30(40)68)42-33(71)21(59)36(78-2)22(60)34(42)72. The summed E-state index contributed by atoms with van der Waals surface area (Å²) >= 11 is 0. The van der Waals surface area contributed by atoms with Crippen molar-refractivity contribution in [3.63, 3.8) is 0 Å². The predicted octanol–water partition coefficient (Wildman–Crippen LogP) is 12.9.